The van der Waals surface area contributed by atoms with Crippen LogP contribution < -0.4 is 5.32 Å². The average Bonchev–Trinajstić information content (AvgIpc) is 2.44. The zero-order valence-electron chi connectivity index (χ0n) is 10.4. The van der Waals surface area contributed by atoms with E-state index in [1.165, 1.54) is 12.1 Å². The molecule has 19 heavy (non-hydrogen) atoms. The highest BCUT2D eigenvalue weighted by Crippen LogP contribution is 2.17. The summed E-state index contributed by atoms with van der Waals surface area (Å²) in [6.07, 6.45) is 0. The number of hydrogen-bond acceptors (Lipinski definition) is 3. The van der Waals surface area contributed by atoms with Crippen LogP contribution in [-0.4, -0.2) is 16.8 Å². The number of aliphatic hydroxyl groups excluding tert-OH is 1. The first kappa shape index (κ1) is 13.5. The van der Waals surface area contributed by atoms with Gasteiger partial charge in [0.2, 0.25) is 0 Å². The summed E-state index contributed by atoms with van der Waals surface area (Å²) in [5, 5.41) is 21.6. The van der Waals surface area contributed by atoms with Gasteiger partial charge in [0.1, 0.15) is 0 Å². The normalized spacial score (nSPS) is 12.3. The Labute approximate surface area is 111 Å². The van der Waals surface area contributed by atoms with Crippen LogP contribution >= 0.6 is 0 Å². The van der Waals surface area contributed by atoms with Crippen molar-refractivity contribution in [3.8, 4) is 5.75 Å². The second kappa shape index (κ2) is 6.31. The highest BCUT2D eigenvalue weighted by atomic mass is 19.1. The average molecular weight is 261 g/mol. The van der Waals surface area contributed by atoms with Gasteiger partial charge in [-0.1, -0.05) is 36.4 Å². The molecule has 3 N–H and O–H groups in total. The van der Waals surface area contributed by atoms with Crippen LogP contribution in [0, 0.1) is 5.82 Å². The fourth-order valence-electron chi connectivity index (χ4n) is 1.87. The molecule has 100 valence electrons. The monoisotopic (exact) mass is 261 g/mol. The summed E-state index contributed by atoms with van der Waals surface area (Å²) >= 11 is 0. The number of halogens is 1. The first-order valence-corrected chi connectivity index (χ1v) is 6.07. The Balaban J connectivity index is 2.02. The first-order valence-electron chi connectivity index (χ1n) is 6.07. The maximum atomic E-state index is 13.2. The van der Waals surface area contributed by atoms with Gasteiger partial charge in [-0.05, 0) is 23.3 Å². The van der Waals surface area contributed by atoms with E-state index >= 15 is 0 Å². The second-order valence-corrected chi connectivity index (χ2v) is 4.31. The quantitative estimate of drug-likeness (QED) is 0.774. The SMILES string of the molecule is OCC(NCc1ccc(O)c(F)c1)c1ccccc1. The highest BCUT2D eigenvalue weighted by Gasteiger charge is 2.09. The van der Waals surface area contributed by atoms with E-state index < -0.39 is 5.82 Å². The molecule has 0 bridgehead atoms. The first-order chi connectivity index (χ1) is 9.20. The summed E-state index contributed by atoms with van der Waals surface area (Å²) in [6, 6.07) is 13.6. The minimum Gasteiger partial charge on any atom is -0.505 e. The lowest BCUT2D eigenvalue weighted by atomic mass is 10.1. The van der Waals surface area contributed by atoms with Crippen molar-refractivity contribution in [2.45, 2.75) is 12.6 Å². The van der Waals surface area contributed by atoms with Gasteiger partial charge in [-0.25, -0.2) is 4.39 Å². The van der Waals surface area contributed by atoms with Crippen LogP contribution in [0.5, 0.6) is 5.75 Å². The van der Waals surface area contributed by atoms with Crippen LogP contribution in [-0.2, 0) is 6.54 Å². The maximum absolute atomic E-state index is 13.2. The molecule has 0 amide bonds. The van der Waals surface area contributed by atoms with Crippen molar-refractivity contribution in [3.05, 3.63) is 65.5 Å². The Kier molecular flexibility index (Phi) is 4.49. The minimum atomic E-state index is -0.639. The van der Waals surface area contributed by atoms with Crippen molar-refractivity contribution in [1.82, 2.24) is 5.32 Å². The molecular weight excluding hydrogens is 245 g/mol. The predicted molar refractivity (Wildman–Crippen MR) is 71.2 cm³/mol. The number of phenols is 1. The zero-order chi connectivity index (χ0) is 13.7. The number of hydrogen-bond donors (Lipinski definition) is 3. The summed E-state index contributed by atoms with van der Waals surface area (Å²) < 4.78 is 13.2. The van der Waals surface area contributed by atoms with Gasteiger partial charge in [0, 0.05) is 6.54 Å². The van der Waals surface area contributed by atoms with Crippen molar-refractivity contribution in [2.24, 2.45) is 0 Å². The Hall–Kier alpha value is -1.91. The Morgan fingerprint density at radius 2 is 1.84 bits per heavy atom. The molecule has 0 spiro atoms. The number of benzene rings is 2. The molecule has 0 aliphatic rings. The molecule has 4 heteroatoms. The van der Waals surface area contributed by atoms with Crippen LogP contribution in [0.2, 0.25) is 0 Å². The molecule has 0 fully saturated rings. The summed E-state index contributed by atoms with van der Waals surface area (Å²) in [4.78, 5) is 0. The minimum absolute atomic E-state index is 0.0371. The van der Waals surface area contributed by atoms with Crippen LogP contribution in [0.4, 0.5) is 4.39 Å². The Morgan fingerprint density at radius 3 is 2.47 bits per heavy atom. The molecule has 0 saturated carbocycles. The fraction of sp³-hybridized carbons (Fsp3) is 0.200. The predicted octanol–water partition coefficient (Wildman–Crippen LogP) is 2.35. The van der Waals surface area contributed by atoms with E-state index in [1.54, 1.807) is 6.07 Å². The van der Waals surface area contributed by atoms with E-state index in [1.807, 2.05) is 30.3 Å². The number of rotatable bonds is 5. The van der Waals surface area contributed by atoms with Gasteiger partial charge < -0.3 is 15.5 Å². The largest absolute Gasteiger partial charge is 0.505 e. The Morgan fingerprint density at radius 1 is 1.11 bits per heavy atom. The van der Waals surface area contributed by atoms with E-state index in [9.17, 15) is 9.50 Å². The second-order valence-electron chi connectivity index (χ2n) is 4.31. The maximum Gasteiger partial charge on any atom is 0.165 e. The smallest absolute Gasteiger partial charge is 0.165 e. The molecule has 0 aliphatic carbocycles. The lowest BCUT2D eigenvalue weighted by Gasteiger charge is -2.16. The molecule has 1 unspecified atom stereocenters. The van der Waals surface area contributed by atoms with E-state index in [-0.39, 0.29) is 18.4 Å². The highest BCUT2D eigenvalue weighted by molar-refractivity contribution is 5.28. The topological polar surface area (TPSA) is 52.5 Å². The van der Waals surface area contributed by atoms with Crippen LogP contribution in [0.1, 0.15) is 17.2 Å². The zero-order valence-corrected chi connectivity index (χ0v) is 10.4. The van der Waals surface area contributed by atoms with E-state index in [4.69, 9.17) is 5.11 Å². The standard InChI is InChI=1S/C15H16FNO2/c16-13-8-11(6-7-15(13)19)9-17-14(10-18)12-4-2-1-3-5-12/h1-8,14,17-19H,9-10H2. The summed E-state index contributed by atoms with van der Waals surface area (Å²) in [7, 11) is 0. The van der Waals surface area contributed by atoms with Gasteiger partial charge in [0.15, 0.2) is 11.6 Å². The molecule has 0 heterocycles. The van der Waals surface area contributed by atoms with Crippen molar-refractivity contribution in [3.63, 3.8) is 0 Å². The molecule has 2 rings (SSSR count). The Bertz CT molecular complexity index is 531. The van der Waals surface area contributed by atoms with Crippen molar-refractivity contribution >= 4 is 0 Å². The van der Waals surface area contributed by atoms with Gasteiger partial charge in [-0.3, -0.25) is 0 Å². The molecule has 0 radical (unpaired) electrons. The molecule has 3 nitrogen and oxygen atoms in total. The number of phenolic OH excluding ortho intramolecular Hbond substituents is 1. The summed E-state index contributed by atoms with van der Waals surface area (Å²) in [6.45, 7) is 0.377. The third kappa shape index (κ3) is 3.53. The van der Waals surface area contributed by atoms with Crippen molar-refractivity contribution in [2.75, 3.05) is 6.61 Å². The van der Waals surface area contributed by atoms with E-state index in [0.717, 1.165) is 5.56 Å². The summed E-state index contributed by atoms with van der Waals surface area (Å²) in [5.41, 5.74) is 1.69. The molecule has 2 aromatic rings. The van der Waals surface area contributed by atoms with E-state index in [0.29, 0.717) is 12.1 Å². The van der Waals surface area contributed by atoms with E-state index in [2.05, 4.69) is 5.32 Å². The number of nitrogens with one attached hydrogen (secondary N) is 1. The lowest BCUT2D eigenvalue weighted by molar-refractivity contribution is 0.243. The van der Waals surface area contributed by atoms with Gasteiger partial charge >= 0.3 is 0 Å². The third-order valence-corrected chi connectivity index (χ3v) is 2.95. The van der Waals surface area contributed by atoms with Crippen LogP contribution in [0.15, 0.2) is 48.5 Å². The fourth-order valence-corrected chi connectivity index (χ4v) is 1.87. The number of aliphatic hydroxyl groups is 1. The van der Waals surface area contributed by atoms with Crippen molar-refractivity contribution in [1.29, 1.82) is 0 Å². The van der Waals surface area contributed by atoms with Crippen molar-refractivity contribution < 1.29 is 14.6 Å². The van der Waals surface area contributed by atoms with Gasteiger partial charge in [-0.15, -0.1) is 0 Å². The number of aromatic hydroxyl groups is 1. The molecule has 1 atom stereocenters. The molecule has 2 aromatic carbocycles. The van der Waals surface area contributed by atoms with Gasteiger partial charge in [0.25, 0.3) is 0 Å². The summed E-state index contributed by atoms with van der Waals surface area (Å²) in [5.74, 6) is -0.995. The van der Waals surface area contributed by atoms with Crippen LogP contribution in [0.3, 0.4) is 0 Å². The molecule has 0 aromatic heterocycles. The van der Waals surface area contributed by atoms with Gasteiger partial charge in [0.05, 0.1) is 12.6 Å². The molecule has 0 saturated heterocycles. The van der Waals surface area contributed by atoms with Crippen LogP contribution in [0.25, 0.3) is 0 Å². The third-order valence-electron chi connectivity index (χ3n) is 2.95. The van der Waals surface area contributed by atoms with Gasteiger partial charge in [-0.2, -0.15) is 0 Å². The molecular formula is C15H16FNO2. The lowest BCUT2D eigenvalue weighted by Crippen LogP contribution is -2.23. The molecule has 0 aliphatic heterocycles.